The highest BCUT2D eigenvalue weighted by Gasteiger charge is 2.12. The van der Waals surface area contributed by atoms with Gasteiger partial charge < -0.3 is 4.90 Å². The standard InChI is InChI=1S/C10H17N3O2S/c1-4-8-16(14,15)12-9-6-5-7-11-10(9)13(2)3/h5-7,12H,4,8H2,1-3H3. The molecule has 0 spiro atoms. The van der Waals surface area contributed by atoms with E-state index in [0.717, 1.165) is 0 Å². The summed E-state index contributed by atoms with van der Waals surface area (Å²) < 4.78 is 25.8. The van der Waals surface area contributed by atoms with E-state index in [1.807, 2.05) is 21.0 Å². The lowest BCUT2D eigenvalue weighted by atomic mass is 10.4. The molecule has 0 bridgehead atoms. The fourth-order valence-electron chi connectivity index (χ4n) is 1.32. The van der Waals surface area contributed by atoms with Crippen LogP contribution in [0.25, 0.3) is 0 Å². The minimum absolute atomic E-state index is 0.120. The van der Waals surface area contributed by atoms with Crippen LogP contribution >= 0.6 is 0 Å². The molecule has 1 aromatic heterocycles. The Morgan fingerprint density at radius 2 is 2.12 bits per heavy atom. The summed E-state index contributed by atoms with van der Waals surface area (Å²) in [5.74, 6) is 0.733. The molecule has 0 fully saturated rings. The van der Waals surface area contributed by atoms with Gasteiger partial charge in [0, 0.05) is 20.3 Å². The van der Waals surface area contributed by atoms with E-state index in [1.165, 1.54) is 0 Å². The average molecular weight is 243 g/mol. The largest absolute Gasteiger partial charge is 0.361 e. The van der Waals surface area contributed by atoms with Gasteiger partial charge in [-0.1, -0.05) is 6.92 Å². The quantitative estimate of drug-likeness (QED) is 0.846. The maximum Gasteiger partial charge on any atom is 0.232 e. The van der Waals surface area contributed by atoms with Gasteiger partial charge in [0.1, 0.15) is 0 Å². The molecule has 0 atom stereocenters. The second-order valence-corrected chi connectivity index (χ2v) is 5.53. The van der Waals surface area contributed by atoms with Crippen LogP contribution in [0.15, 0.2) is 18.3 Å². The van der Waals surface area contributed by atoms with Crippen molar-refractivity contribution < 1.29 is 8.42 Å². The van der Waals surface area contributed by atoms with Gasteiger partial charge in [-0.3, -0.25) is 4.72 Å². The maximum atomic E-state index is 11.6. The molecule has 16 heavy (non-hydrogen) atoms. The smallest absolute Gasteiger partial charge is 0.232 e. The van der Waals surface area contributed by atoms with Crippen LogP contribution in [0.4, 0.5) is 11.5 Å². The Labute approximate surface area is 96.5 Å². The van der Waals surface area contributed by atoms with Crippen LogP contribution in [0.1, 0.15) is 13.3 Å². The topological polar surface area (TPSA) is 62.3 Å². The van der Waals surface area contributed by atoms with Gasteiger partial charge in [-0.05, 0) is 18.6 Å². The lowest BCUT2D eigenvalue weighted by Crippen LogP contribution is -2.19. The highest BCUT2D eigenvalue weighted by Crippen LogP contribution is 2.21. The van der Waals surface area contributed by atoms with Crippen molar-refractivity contribution in [1.29, 1.82) is 0 Å². The van der Waals surface area contributed by atoms with Crippen molar-refractivity contribution in [2.45, 2.75) is 13.3 Å². The van der Waals surface area contributed by atoms with Gasteiger partial charge in [-0.2, -0.15) is 0 Å². The van der Waals surface area contributed by atoms with E-state index in [2.05, 4.69) is 9.71 Å². The van der Waals surface area contributed by atoms with E-state index >= 15 is 0 Å². The number of pyridine rings is 1. The molecule has 6 heteroatoms. The first-order valence-electron chi connectivity index (χ1n) is 5.09. The van der Waals surface area contributed by atoms with E-state index in [4.69, 9.17) is 0 Å². The molecule has 1 N–H and O–H groups in total. The monoisotopic (exact) mass is 243 g/mol. The molecule has 5 nitrogen and oxygen atoms in total. The minimum atomic E-state index is -3.26. The van der Waals surface area contributed by atoms with Crippen LogP contribution in [0.3, 0.4) is 0 Å². The molecule has 0 saturated heterocycles. The van der Waals surface area contributed by atoms with Gasteiger partial charge in [-0.15, -0.1) is 0 Å². The fourth-order valence-corrected chi connectivity index (χ4v) is 2.45. The molecule has 0 saturated carbocycles. The first kappa shape index (κ1) is 12.8. The van der Waals surface area contributed by atoms with Crippen molar-refractivity contribution in [2.75, 3.05) is 29.5 Å². The zero-order valence-corrected chi connectivity index (χ0v) is 10.6. The second kappa shape index (κ2) is 5.16. The Morgan fingerprint density at radius 1 is 1.44 bits per heavy atom. The van der Waals surface area contributed by atoms with E-state index in [0.29, 0.717) is 17.9 Å². The summed E-state index contributed by atoms with van der Waals surface area (Å²) in [6.07, 6.45) is 2.22. The minimum Gasteiger partial charge on any atom is -0.361 e. The highest BCUT2D eigenvalue weighted by atomic mass is 32.2. The third-order valence-corrected chi connectivity index (χ3v) is 3.43. The van der Waals surface area contributed by atoms with E-state index in [9.17, 15) is 8.42 Å². The van der Waals surface area contributed by atoms with Gasteiger partial charge in [0.05, 0.1) is 11.4 Å². The number of hydrogen-bond donors (Lipinski definition) is 1. The van der Waals surface area contributed by atoms with Crippen LogP contribution in [-0.4, -0.2) is 33.2 Å². The third kappa shape index (κ3) is 3.37. The van der Waals surface area contributed by atoms with Crippen molar-refractivity contribution in [1.82, 2.24) is 4.98 Å². The molecule has 1 rings (SSSR count). The lowest BCUT2D eigenvalue weighted by Gasteiger charge is -2.16. The van der Waals surface area contributed by atoms with E-state index in [1.54, 1.807) is 23.2 Å². The van der Waals surface area contributed by atoms with Crippen molar-refractivity contribution in [3.8, 4) is 0 Å². The first-order chi connectivity index (χ1) is 7.46. The average Bonchev–Trinajstić information content (AvgIpc) is 2.17. The lowest BCUT2D eigenvalue weighted by molar-refractivity contribution is 0.600. The summed E-state index contributed by atoms with van der Waals surface area (Å²) in [5.41, 5.74) is 0.515. The summed E-state index contributed by atoms with van der Waals surface area (Å²) in [7, 11) is 0.381. The molecule has 0 aliphatic heterocycles. The Balaban J connectivity index is 2.97. The molecule has 0 aliphatic carbocycles. The summed E-state index contributed by atoms with van der Waals surface area (Å²) in [6, 6.07) is 3.41. The SMILES string of the molecule is CCCS(=O)(=O)Nc1cccnc1N(C)C. The summed E-state index contributed by atoms with van der Waals surface area (Å²) in [4.78, 5) is 5.89. The van der Waals surface area contributed by atoms with Gasteiger partial charge in [0.25, 0.3) is 0 Å². The van der Waals surface area contributed by atoms with Crippen molar-refractivity contribution in [2.24, 2.45) is 0 Å². The fraction of sp³-hybridized carbons (Fsp3) is 0.500. The second-order valence-electron chi connectivity index (χ2n) is 3.69. The van der Waals surface area contributed by atoms with Crippen molar-refractivity contribution >= 4 is 21.5 Å². The maximum absolute atomic E-state index is 11.6. The highest BCUT2D eigenvalue weighted by molar-refractivity contribution is 7.92. The number of sulfonamides is 1. The van der Waals surface area contributed by atoms with E-state index < -0.39 is 10.0 Å². The number of nitrogens with zero attached hydrogens (tertiary/aromatic N) is 2. The molecule has 0 amide bonds. The van der Waals surface area contributed by atoms with Crippen molar-refractivity contribution in [3.63, 3.8) is 0 Å². The van der Waals surface area contributed by atoms with Gasteiger partial charge >= 0.3 is 0 Å². The molecule has 0 aliphatic rings. The molecule has 0 aromatic carbocycles. The normalized spacial score (nSPS) is 11.2. The third-order valence-electron chi connectivity index (χ3n) is 1.95. The Kier molecular flexibility index (Phi) is 4.12. The molecule has 0 radical (unpaired) electrons. The zero-order chi connectivity index (χ0) is 12.2. The molecular weight excluding hydrogens is 226 g/mol. The van der Waals surface area contributed by atoms with E-state index in [-0.39, 0.29) is 5.75 Å². The number of nitrogens with one attached hydrogen (secondary N) is 1. The molecule has 1 heterocycles. The van der Waals surface area contributed by atoms with Gasteiger partial charge in [-0.25, -0.2) is 13.4 Å². The summed E-state index contributed by atoms with van der Waals surface area (Å²) in [6.45, 7) is 1.83. The summed E-state index contributed by atoms with van der Waals surface area (Å²) in [5, 5.41) is 0. The van der Waals surface area contributed by atoms with Crippen LogP contribution in [0.5, 0.6) is 0 Å². The Bertz CT molecular complexity index is 443. The number of rotatable bonds is 5. The number of aromatic nitrogens is 1. The molecule has 1 aromatic rings. The Hall–Kier alpha value is -1.30. The molecule has 90 valence electrons. The number of anilines is 2. The predicted molar refractivity (Wildman–Crippen MR) is 66.3 cm³/mol. The first-order valence-corrected chi connectivity index (χ1v) is 6.74. The predicted octanol–water partition coefficient (Wildman–Crippen LogP) is 1.30. The van der Waals surface area contributed by atoms with Crippen LogP contribution in [0, 0.1) is 0 Å². The van der Waals surface area contributed by atoms with Gasteiger partial charge in [0.15, 0.2) is 5.82 Å². The van der Waals surface area contributed by atoms with Gasteiger partial charge in [0.2, 0.25) is 10.0 Å². The van der Waals surface area contributed by atoms with Crippen LogP contribution in [-0.2, 0) is 10.0 Å². The zero-order valence-electron chi connectivity index (χ0n) is 9.77. The number of hydrogen-bond acceptors (Lipinski definition) is 4. The van der Waals surface area contributed by atoms with Crippen molar-refractivity contribution in [3.05, 3.63) is 18.3 Å². The van der Waals surface area contributed by atoms with Crippen LogP contribution in [0.2, 0.25) is 0 Å². The molecular formula is C10H17N3O2S. The molecule has 0 unspecified atom stereocenters. The summed E-state index contributed by atoms with van der Waals surface area (Å²) >= 11 is 0. The Morgan fingerprint density at radius 3 is 2.69 bits per heavy atom. The van der Waals surface area contributed by atoms with Crippen LogP contribution < -0.4 is 9.62 Å².